The van der Waals surface area contributed by atoms with Gasteiger partial charge >= 0.3 is 0 Å². The van der Waals surface area contributed by atoms with Crippen molar-refractivity contribution in [3.05, 3.63) is 46.8 Å². The molecule has 3 N–H and O–H groups in total. The van der Waals surface area contributed by atoms with Crippen LogP contribution < -0.4 is 11.1 Å². The number of benzene rings is 1. The van der Waals surface area contributed by atoms with E-state index in [9.17, 15) is 4.79 Å². The second-order valence-electron chi connectivity index (χ2n) is 4.14. The van der Waals surface area contributed by atoms with E-state index in [0.29, 0.717) is 17.0 Å². The molecule has 0 radical (unpaired) electrons. The Kier molecular flexibility index (Phi) is 3.62. The monoisotopic (exact) mass is 275 g/mol. The normalized spacial score (nSPS) is 10.2. The van der Waals surface area contributed by atoms with Gasteiger partial charge in [-0.15, -0.1) is 0 Å². The summed E-state index contributed by atoms with van der Waals surface area (Å²) in [6, 6.07) is 7.00. The van der Waals surface area contributed by atoms with Crippen molar-refractivity contribution in [1.82, 2.24) is 5.16 Å². The second-order valence-corrected chi connectivity index (χ2v) is 4.58. The minimum absolute atomic E-state index is 0.216. The van der Waals surface area contributed by atoms with Gasteiger partial charge in [0.1, 0.15) is 10.7 Å². The summed E-state index contributed by atoms with van der Waals surface area (Å²) < 4.78 is 4.86. The van der Waals surface area contributed by atoms with E-state index in [4.69, 9.17) is 22.5 Å². The molecule has 0 aliphatic heterocycles. The summed E-state index contributed by atoms with van der Waals surface area (Å²) >= 11 is 5.00. The first-order valence-electron chi connectivity index (χ1n) is 5.63. The van der Waals surface area contributed by atoms with Crippen molar-refractivity contribution in [3.8, 4) is 0 Å². The largest absolute Gasteiger partial charge is 0.389 e. The van der Waals surface area contributed by atoms with E-state index in [1.165, 1.54) is 0 Å². The Morgan fingerprint density at radius 1 is 1.42 bits per heavy atom. The summed E-state index contributed by atoms with van der Waals surface area (Å²) in [7, 11) is 0. The third-order valence-electron chi connectivity index (χ3n) is 2.63. The quantitative estimate of drug-likeness (QED) is 0.839. The molecule has 1 amide bonds. The third-order valence-corrected chi connectivity index (χ3v) is 2.83. The molecule has 0 fully saturated rings. The Morgan fingerprint density at radius 3 is 2.74 bits per heavy atom. The number of hydrogen-bond acceptors (Lipinski definition) is 4. The summed E-state index contributed by atoms with van der Waals surface area (Å²) in [4.78, 5) is 12.2. The maximum absolute atomic E-state index is 12.0. The lowest BCUT2D eigenvalue weighted by molar-refractivity contribution is 0.101. The van der Waals surface area contributed by atoms with Crippen molar-refractivity contribution in [1.29, 1.82) is 0 Å². The molecule has 1 aromatic heterocycles. The molecule has 5 nitrogen and oxygen atoms in total. The number of carbonyl (C=O) groups excluding carboxylic acids is 1. The van der Waals surface area contributed by atoms with Gasteiger partial charge in [0.2, 0.25) is 0 Å². The molecule has 1 heterocycles. The van der Waals surface area contributed by atoms with Crippen molar-refractivity contribution < 1.29 is 9.32 Å². The minimum atomic E-state index is -0.361. The van der Waals surface area contributed by atoms with E-state index in [0.717, 1.165) is 5.56 Å². The number of amides is 1. The molecule has 2 rings (SSSR count). The van der Waals surface area contributed by atoms with Crippen molar-refractivity contribution >= 4 is 28.8 Å². The fourth-order valence-corrected chi connectivity index (χ4v) is 2.03. The average Bonchev–Trinajstić information content (AvgIpc) is 2.75. The van der Waals surface area contributed by atoms with Crippen LogP contribution in [0.5, 0.6) is 0 Å². The predicted octanol–water partition coefficient (Wildman–Crippen LogP) is 2.18. The number of thiocarbonyl (C=S) groups is 1. The molecule has 2 aromatic rings. The highest BCUT2D eigenvalue weighted by molar-refractivity contribution is 7.80. The molecule has 0 aliphatic rings. The first kappa shape index (κ1) is 13.2. The summed E-state index contributed by atoms with van der Waals surface area (Å²) in [6.45, 7) is 3.60. The van der Waals surface area contributed by atoms with Crippen LogP contribution in [0.4, 0.5) is 5.69 Å². The molecule has 0 unspecified atom stereocenters. The van der Waals surface area contributed by atoms with Crippen LogP contribution in [0, 0.1) is 13.8 Å². The van der Waals surface area contributed by atoms with Gasteiger partial charge in [0.25, 0.3) is 5.91 Å². The molecule has 0 saturated carbocycles. The average molecular weight is 275 g/mol. The minimum Gasteiger partial charge on any atom is -0.389 e. The Morgan fingerprint density at radius 2 is 2.16 bits per heavy atom. The van der Waals surface area contributed by atoms with Gasteiger partial charge in [-0.05, 0) is 25.5 Å². The van der Waals surface area contributed by atoms with Gasteiger partial charge in [-0.3, -0.25) is 4.79 Å². The lowest BCUT2D eigenvalue weighted by Gasteiger charge is -2.11. The zero-order valence-corrected chi connectivity index (χ0v) is 11.4. The van der Waals surface area contributed by atoms with Gasteiger partial charge < -0.3 is 15.6 Å². The molecule has 0 atom stereocenters. The van der Waals surface area contributed by atoms with E-state index in [1.54, 1.807) is 19.1 Å². The topological polar surface area (TPSA) is 81.2 Å². The number of hydrogen-bond donors (Lipinski definition) is 2. The van der Waals surface area contributed by atoms with Gasteiger partial charge in [0, 0.05) is 11.6 Å². The molecular weight excluding hydrogens is 262 g/mol. The SMILES string of the molecule is Cc1cc(C(=O)Nc2cccc(C)c2C(N)=S)no1. The molecule has 98 valence electrons. The fourth-order valence-electron chi connectivity index (χ4n) is 1.76. The number of aryl methyl sites for hydroxylation is 2. The molecule has 0 saturated heterocycles. The molecule has 19 heavy (non-hydrogen) atoms. The predicted molar refractivity (Wildman–Crippen MR) is 76.3 cm³/mol. The number of rotatable bonds is 3. The van der Waals surface area contributed by atoms with E-state index in [2.05, 4.69) is 10.5 Å². The van der Waals surface area contributed by atoms with Crippen LogP contribution in [0.3, 0.4) is 0 Å². The number of carbonyl (C=O) groups is 1. The van der Waals surface area contributed by atoms with E-state index < -0.39 is 0 Å². The second kappa shape index (κ2) is 5.19. The lowest BCUT2D eigenvalue weighted by Crippen LogP contribution is -2.18. The van der Waals surface area contributed by atoms with Crippen LogP contribution in [-0.2, 0) is 0 Å². The van der Waals surface area contributed by atoms with E-state index in [-0.39, 0.29) is 16.6 Å². The first-order chi connectivity index (χ1) is 8.99. The van der Waals surface area contributed by atoms with E-state index >= 15 is 0 Å². The number of nitrogens with one attached hydrogen (secondary N) is 1. The van der Waals surface area contributed by atoms with Gasteiger partial charge in [0.05, 0.1) is 5.69 Å². The fraction of sp³-hybridized carbons (Fsp3) is 0.154. The number of nitrogens with two attached hydrogens (primary N) is 1. The van der Waals surface area contributed by atoms with Gasteiger partial charge in [-0.2, -0.15) is 0 Å². The van der Waals surface area contributed by atoms with Crippen molar-refractivity contribution in [2.75, 3.05) is 5.32 Å². The Bertz CT molecular complexity index is 649. The Labute approximate surface area is 115 Å². The molecular formula is C13H13N3O2S. The van der Waals surface area contributed by atoms with Crippen LogP contribution in [0.15, 0.2) is 28.8 Å². The molecule has 6 heteroatoms. The van der Waals surface area contributed by atoms with Crippen LogP contribution in [0.1, 0.15) is 27.4 Å². The number of anilines is 1. The maximum atomic E-state index is 12.0. The Hall–Kier alpha value is -2.21. The zero-order chi connectivity index (χ0) is 14.0. The van der Waals surface area contributed by atoms with Gasteiger partial charge in [-0.25, -0.2) is 0 Å². The highest BCUT2D eigenvalue weighted by Crippen LogP contribution is 2.20. The summed E-state index contributed by atoms with van der Waals surface area (Å²) in [5, 5.41) is 6.39. The molecule has 0 bridgehead atoms. The standard InChI is InChI=1S/C13H13N3O2S/c1-7-4-3-5-9(11(7)12(14)19)15-13(17)10-6-8(2)18-16-10/h3-6H,1-2H3,(H2,14,19)(H,15,17). The maximum Gasteiger partial charge on any atom is 0.277 e. The number of nitrogens with zero attached hydrogens (tertiary/aromatic N) is 1. The van der Waals surface area contributed by atoms with Gasteiger partial charge in [-0.1, -0.05) is 29.5 Å². The molecule has 1 aromatic carbocycles. The van der Waals surface area contributed by atoms with Crippen LogP contribution in [-0.4, -0.2) is 16.1 Å². The van der Waals surface area contributed by atoms with Crippen LogP contribution >= 0.6 is 12.2 Å². The smallest absolute Gasteiger partial charge is 0.277 e. The van der Waals surface area contributed by atoms with E-state index in [1.807, 2.05) is 19.1 Å². The summed E-state index contributed by atoms with van der Waals surface area (Å²) in [5.74, 6) is 0.212. The highest BCUT2D eigenvalue weighted by Gasteiger charge is 2.15. The van der Waals surface area contributed by atoms with Crippen molar-refractivity contribution in [2.24, 2.45) is 5.73 Å². The van der Waals surface area contributed by atoms with Crippen molar-refractivity contribution in [3.63, 3.8) is 0 Å². The lowest BCUT2D eigenvalue weighted by atomic mass is 10.1. The number of aromatic nitrogens is 1. The summed E-state index contributed by atoms with van der Waals surface area (Å²) in [5.41, 5.74) is 8.03. The first-order valence-corrected chi connectivity index (χ1v) is 6.04. The molecule has 0 aliphatic carbocycles. The Balaban J connectivity index is 2.31. The van der Waals surface area contributed by atoms with Gasteiger partial charge in [0.15, 0.2) is 5.69 Å². The van der Waals surface area contributed by atoms with Crippen LogP contribution in [0.2, 0.25) is 0 Å². The molecule has 0 spiro atoms. The highest BCUT2D eigenvalue weighted by atomic mass is 32.1. The van der Waals surface area contributed by atoms with Crippen LogP contribution in [0.25, 0.3) is 0 Å². The third kappa shape index (κ3) is 2.79. The zero-order valence-electron chi connectivity index (χ0n) is 10.6. The van der Waals surface area contributed by atoms with Crippen molar-refractivity contribution in [2.45, 2.75) is 13.8 Å². The summed E-state index contributed by atoms with van der Waals surface area (Å²) in [6.07, 6.45) is 0.